The number of benzene rings is 1. The Bertz CT molecular complexity index is 386. The van der Waals surface area contributed by atoms with Crippen LogP contribution in [0.5, 0.6) is 0 Å². The molecule has 0 saturated carbocycles. The van der Waals surface area contributed by atoms with Gasteiger partial charge in [0, 0.05) is 23.8 Å². The SMILES string of the molecule is CCN(C(=O)c1cc(N)ccc1C)C(C)C. The van der Waals surface area contributed by atoms with Crippen LogP contribution in [0.2, 0.25) is 0 Å². The van der Waals surface area contributed by atoms with Crippen molar-refractivity contribution in [2.24, 2.45) is 0 Å². The molecule has 0 heterocycles. The van der Waals surface area contributed by atoms with Crippen molar-refractivity contribution in [1.82, 2.24) is 4.90 Å². The second kappa shape index (κ2) is 5.01. The molecule has 0 atom stereocenters. The first-order chi connectivity index (χ1) is 7.47. The molecule has 0 aliphatic heterocycles. The van der Waals surface area contributed by atoms with Gasteiger partial charge in [-0.15, -0.1) is 0 Å². The Hall–Kier alpha value is -1.51. The Kier molecular flexibility index (Phi) is 3.93. The van der Waals surface area contributed by atoms with Gasteiger partial charge in [-0.2, -0.15) is 0 Å². The second-order valence-electron chi connectivity index (χ2n) is 4.26. The number of hydrogen-bond donors (Lipinski definition) is 1. The molecule has 1 amide bonds. The molecule has 0 aliphatic carbocycles. The highest BCUT2D eigenvalue weighted by atomic mass is 16.2. The van der Waals surface area contributed by atoms with E-state index in [4.69, 9.17) is 5.73 Å². The molecule has 1 aromatic carbocycles. The molecule has 1 rings (SSSR count). The first-order valence-corrected chi connectivity index (χ1v) is 5.64. The Morgan fingerprint density at radius 2 is 2.06 bits per heavy atom. The second-order valence-corrected chi connectivity index (χ2v) is 4.26. The van der Waals surface area contributed by atoms with E-state index in [2.05, 4.69) is 0 Å². The summed E-state index contributed by atoms with van der Waals surface area (Å²) in [5.41, 5.74) is 8.02. The van der Waals surface area contributed by atoms with Crippen molar-refractivity contribution in [3.63, 3.8) is 0 Å². The zero-order chi connectivity index (χ0) is 12.3. The number of nitrogens with two attached hydrogens (primary N) is 1. The zero-order valence-electron chi connectivity index (χ0n) is 10.4. The van der Waals surface area contributed by atoms with Crippen LogP contribution in [0.15, 0.2) is 18.2 Å². The van der Waals surface area contributed by atoms with Gasteiger partial charge in [-0.05, 0) is 45.4 Å². The minimum Gasteiger partial charge on any atom is -0.399 e. The maximum Gasteiger partial charge on any atom is 0.254 e. The van der Waals surface area contributed by atoms with Crippen LogP contribution in [0.1, 0.15) is 36.7 Å². The normalized spacial score (nSPS) is 10.6. The standard InChI is InChI=1S/C13H20N2O/c1-5-15(9(2)3)13(16)12-8-11(14)7-6-10(12)4/h6-9H,5,14H2,1-4H3. The molecule has 1 aromatic rings. The minimum absolute atomic E-state index is 0.0577. The summed E-state index contributed by atoms with van der Waals surface area (Å²) in [6.07, 6.45) is 0. The summed E-state index contributed by atoms with van der Waals surface area (Å²) in [4.78, 5) is 14.1. The molecular weight excluding hydrogens is 200 g/mol. The van der Waals surface area contributed by atoms with Gasteiger partial charge in [0.2, 0.25) is 0 Å². The lowest BCUT2D eigenvalue weighted by Gasteiger charge is -2.26. The smallest absolute Gasteiger partial charge is 0.254 e. The highest BCUT2D eigenvalue weighted by Crippen LogP contribution is 2.16. The molecule has 0 bridgehead atoms. The average Bonchev–Trinajstić information content (AvgIpc) is 2.22. The number of carbonyl (C=O) groups excluding carboxylic acids is 1. The number of nitrogens with zero attached hydrogens (tertiary/aromatic N) is 1. The summed E-state index contributed by atoms with van der Waals surface area (Å²) in [5, 5.41) is 0. The number of aryl methyl sites for hydroxylation is 1. The maximum atomic E-state index is 12.3. The molecule has 16 heavy (non-hydrogen) atoms. The van der Waals surface area contributed by atoms with Crippen LogP contribution in [0, 0.1) is 6.92 Å². The number of carbonyl (C=O) groups is 1. The van der Waals surface area contributed by atoms with Crippen LogP contribution in [0.3, 0.4) is 0 Å². The van der Waals surface area contributed by atoms with E-state index in [-0.39, 0.29) is 11.9 Å². The molecule has 0 aromatic heterocycles. The molecule has 3 nitrogen and oxygen atoms in total. The van der Waals surface area contributed by atoms with Crippen molar-refractivity contribution < 1.29 is 4.79 Å². The summed E-state index contributed by atoms with van der Waals surface area (Å²) in [5.74, 6) is 0.0577. The van der Waals surface area contributed by atoms with Crippen LogP contribution in [-0.4, -0.2) is 23.4 Å². The van der Waals surface area contributed by atoms with Crippen molar-refractivity contribution in [3.05, 3.63) is 29.3 Å². The third-order valence-electron chi connectivity index (χ3n) is 2.72. The van der Waals surface area contributed by atoms with Gasteiger partial charge in [-0.25, -0.2) is 0 Å². The molecule has 0 unspecified atom stereocenters. The molecule has 3 heteroatoms. The Morgan fingerprint density at radius 1 is 1.44 bits per heavy atom. The third-order valence-corrected chi connectivity index (χ3v) is 2.72. The highest BCUT2D eigenvalue weighted by Gasteiger charge is 2.18. The monoisotopic (exact) mass is 220 g/mol. The van der Waals surface area contributed by atoms with E-state index >= 15 is 0 Å². The summed E-state index contributed by atoms with van der Waals surface area (Å²) >= 11 is 0. The molecule has 0 aliphatic rings. The highest BCUT2D eigenvalue weighted by molar-refractivity contribution is 5.96. The van der Waals surface area contributed by atoms with Gasteiger partial charge in [0.05, 0.1) is 0 Å². The minimum atomic E-state index is 0.0577. The van der Waals surface area contributed by atoms with E-state index in [1.54, 1.807) is 6.07 Å². The largest absolute Gasteiger partial charge is 0.399 e. The molecule has 88 valence electrons. The van der Waals surface area contributed by atoms with E-state index in [0.29, 0.717) is 17.8 Å². The van der Waals surface area contributed by atoms with Crippen molar-refractivity contribution in [2.45, 2.75) is 33.7 Å². The number of nitrogen functional groups attached to an aromatic ring is 1. The van der Waals surface area contributed by atoms with Gasteiger partial charge >= 0.3 is 0 Å². The van der Waals surface area contributed by atoms with Gasteiger partial charge in [0.15, 0.2) is 0 Å². The van der Waals surface area contributed by atoms with Crippen molar-refractivity contribution in [3.8, 4) is 0 Å². The molecule has 0 spiro atoms. The first kappa shape index (κ1) is 12.6. The fraction of sp³-hybridized carbons (Fsp3) is 0.462. The number of amides is 1. The van der Waals surface area contributed by atoms with Crippen LogP contribution in [-0.2, 0) is 0 Å². The Morgan fingerprint density at radius 3 is 2.56 bits per heavy atom. The quantitative estimate of drug-likeness (QED) is 0.795. The molecule has 0 radical (unpaired) electrons. The predicted molar refractivity (Wildman–Crippen MR) is 67.4 cm³/mol. The Balaban J connectivity index is 3.08. The van der Waals surface area contributed by atoms with Gasteiger partial charge in [-0.3, -0.25) is 4.79 Å². The van der Waals surface area contributed by atoms with E-state index in [9.17, 15) is 4.79 Å². The van der Waals surface area contributed by atoms with Crippen molar-refractivity contribution >= 4 is 11.6 Å². The third kappa shape index (κ3) is 2.54. The van der Waals surface area contributed by atoms with E-state index < -0.39 is 0 Å². The lowest BCUT2D eigenvalue weighted by Crippen LogP contribution is -2.37. The van der Waals surface area contributed by atoms with Gasteiger partial charge in [0.1, 0.15) is 0 Å². The van der Waals surface area contributed by atoms with Crippen LogP contribution in [0.4, 0.5) is 5.69 Å². The Labute approximate surface area is 97.2 Å². The van der Waals surface area contributed by atoms with Gasteiger partial charge < -0.3 is 10.6 Å². The molecule has 0 saturated heterocycles. The van der Waals surface area contributed by atoms with Crippen LogP contribution >= 0.6 is 0 Å². The maximum absolute atomic E-state index is 12.3. The van der Waals surface area contributed by atoms with Gasteiger partial charge in [-0.1, -0.05) is 6.07 Å². The van der Waals surface area contributed by atoms with E-state index in [1.165, 1.54) is 0 Å². The average molecular weight is 220 g/mol. The topological polar surface area (TPSA) is 46.3 Å². The number of rotatable bonds is 3. The van der Waals surface area contributed by atoms with E-state index in [0.717, 1.165) is 5.56 Å². The molecule has 0 fully saturated rings. The van der Waals surface area contributed by atoms with Crippen molar-refractivity contribution in [1.29, 1.82) is 0 Å². The molecule has 2 N–H and O–H groups in total. The summed E-state index contributed by atoms with van der Waals surface area (Å²) in [7, 11) is 0. The van der Waals surface area contributed by atoms with Crippen LogP contribution in [0.25, 0.3) is 0 Å². The molecular formula is C13H20N2O. The summed E-state index contributed by atoms with van der Waals surface area (Å²) < 4.78 is 0. The lowest BCUT2D eigenvalue weighted by atomic mass is 10.1. The summed E-state index contributed by atoms with van der Waals surface area (Å²) in [6, 6.07) is 5.66. The van der Waals surface area contributed by atoms with Gasteiger partial charge in [0.25, 0.3) is 5.91 Å². The first-order valence-electron chi connectivity index (χ1n) is 5.64. The lowest BCUT2D eigenvalue weighted by molar-refractivity contribution is 0.0716. The van der Waals surface area contributed by atoms with Crippen LogP contribution < -0.4 is 5.73 Å². The summed E-state index contributed by atoms with van der Waals surface area (Å²) in [6.45, 7) is 8.66. The number of hydrogen-bond acceptors (Lipinski definition) is 2. The van der Waals surface area contributed by atoms with Crippen molar-refractivity contribution in [2.75, 3.05) is 12.3 Å². The fourth-order valence-electron chi connectivity index (χ4n) is 1.77. The van der Waals surface area contributed by atoms with E-state index in [1.807, 2.05) is 44.7 Å². The predicted octanol–water partition coefficient (Wildman–Crippen LogP) is 2.45. The zero-order valence-corrected chi connectivity index (χ0v) is 10.4. The number of anilines is 1. The fourth-order valence-corrected chi connectivity index (χ4v) is 1.77.